The van der Waals surface area contributed by atoms with Gasteiger partial charge in [0.2, 0.25) is 0 Å². The first-order valence-corrected chi connectivity index (χ1v) is 8.98. The molecule has 0 spiro atoms. The van der Waals surface area contributed by atoms with Crippen LogP contribution in [0.3, 0.4) is 0 Å². The van der Waals surface area contributed by atoms with E-state index in [1.807, 2.05) is 31.2 Å². The number of hydrogen-bond acceptors (Lipinski definition) is 3. The normalized spacial score (nSPS) is 17.6. The lowest BCUT2D eigenvalue weighted by atomic mass is 9.85. The summed E-state index contributed by atoms with van der Waals surface area (Å²) in [6.07, 6.45) is 0.911. The molecule has 0 radical (unpaired) electrons. The first-order chi connectivity index (χ1) is 12.6. The van der Waals surface area contributed by atoms with Crippen LogP contribution in [0.15, 0.2) is 54.6 Å². The Bertz CT molecular complexity index is 921. The zero-order valence-corrected chi connectivity index (χ0v) is 15.1. The highest BCUT2D eigenvalue weighted by molar-refractivity contribution is 5.61. The maximum atomic E-state index is 14.4. The summed E-state index contributed by atoms with van der Waals surface area (Å²) < 4.78 is 14.4. The molecule has 1 aliphatic rings. The molecular formula is C22H22FN3. The second-order valence-corrected chi connectivity index (χ2v) is 7.07. The summed E-state index contributed by atoms with van der Waals surface area (Å²) in [5.41, 5.74) is 6.06. The number of nitrogens with zero attached hydrogens (tertiary/aromatic N) is 3. The lowest BCUT2D eigenvalue weighted by molar-refractivity contribution is 0.328. The van der Waals surface area contributed by atoms with Gasteiger partial charge >= 0.3 is 0 Å². The van der Waals surface area contributed by atoms with Crippen LogP contribution in [-0.2, 0) is 6.54 Å². The second kappa shape index (κ2) is 6.96. The first-order valence-electron chi connectivity index (χ1n) is 8.98. The van der Waals surface area contributed by atoms with Gasteiger partial charge in [0.25, 0.3) is 0 Å². The summed E-state index contributed by atoms with van der Waals surface area (Å²) in [4.78, 5) is 2.30. The molecule has 0 amide bonds. The number of benzene rings is 2. The number of fused-ring (bicyclic) bond motifs is 1. The molecule has 1 unspecified atom stereocenters. The summed E-state index contributed by atoms with van der Waals surface area (Å²) in [6.45, 7) is 3.72. The van der Waals surface area contributed by atoms with Gasteiger partial charge in [-0.3, -0.25) is 0 Å². The summed E-state index contributed by atoms with van der Waals surface area (Å²) in [5.74, 6) is -0.0456. The third kappa shape index (κ3) is 3.25. The van der Waals surface area contributed by atoms with Gasteiger partial charge in [-0.05, 0) is 67.9 Å². The molecule has 0 N–H and O–H groups in total. The van der Waals surface area contributed by atoms with Crippen molar-refractivity contribution in [2.75, 3.05) is 13.6 Å². The van der Waals surface area contributed by atoms with Crippen LogP contribution < -0.4 is 0 Å². The summed E-state index contributed by atoms with van der Waals surface area (Å²) in [6, 6.07) is 17.5. The van der Waals surface area contributed by atoms with Crippen LogP contribution in [0, 0.1) is 12.7 Å². The number of hydrogen-bond donors (Lipinski definition) is 0. The number of halogens is 1. The van der Waals surface area contributed by atoms with Gasteiger partial charge in [0.15, 0.2) is 0 Å². The molecule has 0 bridgehead atoms. The Morgan fingerprint density at radius 2 is 1.85 bits per heavy atom. The Kier molecular flexibility index (Phi) is 4.51. The minimum Gasteiger partial charge on any atom is -0.302 e. The molecule has 0 saturated heterocycles. The van der Waals surface area contributed by atoms with E-state index >= 15 is 0 Å². The van der Waals surface area contributed by atoms with E-state index in [-0.39, 0.29) is 11.7 Å². The maximum Gasteiger partial charge on any atom is 0.127 e. The van der Waals surface area contributed by atoms with E-state index in [2.05, 4.69) is 40.3 Å². The van der Waals surface area contributed by atoms with E-state index in [0.29, 0.717) is 0 Å². The minimum absolute atomic E-state index is 0.0781. The van der Waals surface area contributed by atoms with Crippen LogP contribution in [0.25, 0.3) is 11.3 Å². The Morgan fingerprint density at radius 3 is 2.62 bits per heavy atom. The second-order valence-electron chi connectivity index (χ2n) is 7.07. The molecule has 132 valence electrons. The number of aromatic nitrogens is 2. The van der Waals surface area contributed by atoms with Crippen molar-refractivity contribution in [2.45, 2.75) is 25.8 Å². The lowest BCUT2D eigenvalue weighted by Crippen LogP contribution is -2.17. The first kappa shape index (κ1) is 16.9. The maximum absolute atomic E-state index is 14.4. The SMILES string of the molecule is Cc1ccc(-c2ccc3c(c2)CN(C)CCC3c2ccccc2F)nn1. The van der Waals surface area contributed by atoms with E-state index in [9.17, 15) is 4.39 Å². The predicted molar refractivity (Wildman–Crippen MR) is 101 cm³/mol. The van der Waals surface area contributed by atoms with Crippen molar-refractivity contribution >= 4 is 0 Å². The van der Waals surface area contributed by atoms with Crippen molar-refractivity contribution in [3.8, 4) is 11.3 Å². The van der Waals surface area contributed by atoms with Gasteiger partial charge in [0.1, 0.15) is 5.82 Å². The quantitative estimate of drug-likeness (QED) is 0.680. The molecule has 1 aromatic heterocycles. The third-order valence-electron chi connectivity index (χ3n) is 5.13. The molecule has 0 fully saturated rings. The van der Waals surface area contributed by atoms with Gasteiger partial charge in [-0.1, -0.05) is 30.3 Å². The van der Waals surface area contributed by atoms with Crippen LogP contribution in [0.2, 0.25) is 0 Å². The van der Waals surface area contributed by atoms with E-state index in [0.717, 1.165) is 42.0 Å². The molecule has 2 aromatic carbocycles. The molecule has 3 aromatic rings. The summed E-state index contributed by atoms with van der Waals surface area (Å²) in [7, 11) is 2.12. The smallest absolute Gasteiger partial charge is 0.127 e. The lowest BCUT2D eigenvalue weighted by Gasteiger charge is -2.19. The molecule has 1 atom stereocenters. The van der Waals surface area contributed by atoms with Crippen LogP contribution in [0.4, 0.5) is 4.39 Å². The largest absolute Gasteiger partial charge is 0.302 e. The highest BCUT2D eigenvalue weighted by atomic mass is 19.1. The van der Waals surface area contributed by atoms with Crippen molar-refractivity contribution in [3.05, 3.63) is 82.8 Å². The molecule has 0 saturated carbocycles. The molecule has 26 heavy (non-hydrogen) atoms. The van der Waals surface area contributed by atoms with Gasteiger partial charge in [-0.2, -0.15) is 10.2 Å². The van der Waals surface area contributed by atoms with Gasteiger partial charge in [-0.25, -0.2) is 4.39 Å². The van der Waals surface area contributed by atoms with Gasteiger partial charge in [0, 0.05) is 18.0 Å². The Labute approximate surface area is 153 Å². The summed E-state index contributed by atoms with van der Waals surface area (Å²) in [5, 5.41) is 8.47. The monoisotopic (exact) mass is 347 g/mol. The average Bonchev–Trinajstić information content (AvgIpc) is 2.80. The highest BCUT2D eigenvalue weighted by Gasteiger charge is 2.24. The van der Waals surface area contributed by atoms with Gasteiger partial charge in [-0.15, -0.1) is 0 Å². The van der Waals surface area contributed by atoms with E-state index < -0.39 is 0 Å². The van der Waals surface area contributed by atoms with Crippen molar-refractivity contribution in [1.29, 1.82) is 0 Å². The van der Waals surface area contributed by atoms with Crippen LogP contribution in [0.5, 0.6) is 0 Å². The standard InChI is InChI=1S/C22H22FN3/c1-15-7-10-22(25-24-15)16-8-9-18-17(13-16)14-26(2)12-11-19(18)20-5-3-4-6-21(20)23/h3-10,13,19H,11-12,14H2,1-2H3. The molecule has 3 nitrogen and oxygen atoms in total. The van der Waals surface area contributed by atoms with E-state index in [4.69, 9.17) is 0 Å². The minimum atomic E-state index is -0.124. The van der Waals surface area contributed by atoms with Crippen molar-refractivity contribution in [1.82, 2.24) is 15.1 Å². The molecule has 4 heteroatoms. The van der Waals surface area contributed by atoms with Gasteiger partial charge < -0.3 is 4.90 Å². The highest BCUT2D eigenvalue weighted by Crippen LogP contribution is 2.36. The molecular weight excluding hydrogens is 325 g/mol. The van der Waals surface area contributed by atoms with Crippen LogP contribution in [-0.4, -0.2) is 28.7 Å². The number of rotatable bonds is 2. The summed E-state index contributed by atoms with van der Waals surface area (Å²) >= 11 is 0. The fourth-order valence-electron chi connectivity index (χ4n) is 3.75. The fourth-order valence-corrected chi connectivity index (χ4v) is 3.75. The Morgan fingerprint density at radius 1 is 1.00 bits per heavy atom. The van der Waals surface area contributed by atoms with E-state index in [1.54, 1.807) is 12.1 Å². The fraction of sp³-hybridized carbons (Fsp3) is 0.273. The number of aryl methyl sites for hydroxylation is 1. The zero-order chi connectivity index (χ0) is 18.1. The molecule has 4 rings (SSSR count). The molecule has 0 aliphatic carbocycles. The third-order valence-corrected chi connectivity index (χ3v) is 5.13. The Balaban J connectivity index is 1.79. The van der Waals surface area contributed by atoms with Crippen LogP contribution in [0.1, 0.15) is 34.7 Å². The van der Waals surface area contributed by atoms with E-state index in [1.165, 1.54) is 11.1 Å². The topological polar surface area (TPSA) is 29.0 Å². The van der Waals surface area contributed by atoms with Crippen molar-refractivity contribution in [3.63, 3.8) is 0 Å². The molecule has 1 aliphatic heterocycles. The zero-order valence-electron chi connectivity index (χ0n) is 15.1. The van der Waals surface area contributed by atoms with Crippen molar-refractivity contribution in [2.24, 2.45) is 0 Å². The Hall–Kier alpha value is -2.59. The molecule has 2 heterocycles. The van der Waals surface area contributed by atoms with Gasteiger partial charge in [0.05, 0.1) is 11.4 Å². The van der Waals surface area contributed by atoms with Crippen molar-refractivity contribution < 1.29 is 4.39 Å². The van der Waals surface area contributed by atoms with Crippen LogP contribution >= 0.6 is 0 Å². The average molecular weight is 347 g/mol. The predicted octanol–water partition coefficient (Wildman–Crippen LogP) is 4.56.